The molecule has 47 heavy (non-hydrogen) atoms. The molecule has 0 radical (unpaired) electrons. The minimum atomic E-state index is -0.644. The topological polar surface area (TPSA) is 79.7 Å². The molecule has 5 aliphatic rings. The zero-order valence-corrected chi connectivity index (χ0v) is 29.7. The summed E-state index contributed by atoms with van der Waals surface area (Å²) >= 11 is 14.1. The van der Waals surface area contributed by atoms with Gasteiger partial charge in [-0.15, -0.1) is 0 Å². The number of fused-ring (bicyclic) bond motifs is 1. The number of benzene rings is 2. The lowest BCUT2D eigenvalue weighted by atomic mass is 9.81. The summed E-state index contributed by atoms with van der Waals surface area (Å²) in [5.74, 6) is 0.00357. The molecular weight excluding hydrogens is 653 g/mol. The van der Waals surface area contributed by atoms with Crippen molar-refractivity contribution in [2.45, 2.75) is 89.2 Å². The van der Waals surface area contributed by atoms with Gasteiger partial charge in [0, 0.05) is 54.0 Å². The van der Waals surface area contributed by atoms with Gasteiger partial charge in [0.2, 0.25) is 5.91 Å². The number of aliphatic hydroxyl groups excluding tert-OH is 1. The van der Waals surface area contributed by atoms with Crippen LogP contribution in [0.5, 0.6) is 0 Å². The molecule has 3 fully saturated rings. The van der Waals surface area contributed by atoms with Crippen molar-refractivity contribution in [2.75, 3.05) is 26.2 Å². The van der Waals surface area contributed by atoms with Gasteiger partial charge in [-0.05, 0) is 92.6 Å². The summed E-state index contributed by atoms with van der Waals surface area (Å²) < 4.78 is 0. The molecule has 4 aliphatic heterocycles. The minimum absolute atomic E-state index is 0.0293. The number of thioether (sulfide) groups is 1. The van der Waals surface area contributed by atoms with Gasteiger partial charge in [0.1, 0.15) is 16.5 Å². The second-order valence-electron chi connectivity index (χ2n) is 14.1. The Labute approximate surface area is 291 Å². The molecule has 2 aromatic carbocycles. The lowest BCUT2D eigenvalue weighted by Crippen LogP contribution is -2.58. The molecule has 0 unspecified atom stereocenters. The standard InChI is InChI=1S/C36H43Cl2N5O3S/c1-21(2)30-31(34(46)42-22(3)5-14-29(42)33(45)41-17-15-40(16-18-41)27-19-28(44)20-27)47-35-39-36(4,24-8-12-26(38)13-9-24)32(43(30)35)23-6-10-25(37)11-7-23/h6-13,21-22,27-29,32,44H,5,14-20H2,1-4H3/t22-,27-,28+,29+,32-,36+/m1/s1. The molecule has 11 heteroatoms. The molecule has 0 aromatic heterocycles. The molecule has 1 saturated carbocycles. The average Bonchev–Trinajstić information content (AvgIpc) is 3.69. The number of nitrogens with zero attached hydrogens (tertiary/aromatic N) is 5. The van der Waals surface area contributed by atoms with E-state index in [4.69, 9.17) is 28.2 Å². The Bertz CT molecular complexity index is 1600. The number of amidine groups is 1. The third-order valence-corrected chi connectivity index (χ3v) is 12.3. The van der Waals surface area contributed by atoms with Crippen LogP contribution in [0, 0.1) is 5.92 Å². The fourth-order valence-electron chi connectivity index (χ4n) is 8.13. The summed E-state index contributed by atoms with van der Waals surface area (Å²) in [6, 6.07) is 15.5. The van der Waals surface area contributed by atoms with Gasteiger partial charge in [-0.2, -0.15) is 0 Å². The second-order valence-corrected chi connectivity index (χ2v) is 16.0. The first-order valence-electron chi connectivity index (χ1n) is 16.8. The summed E-state index contributed by atoms with van der Waals surface area (Å²) in [5, 5.41) is 11.9. The van der Waals surface area contributed by atoms with Crippen molar-refractivity contribution in [2.24, 2.45) is 10.9 Å². The van der Waals surface area contributed by atoms with E-state index in [1.807, 2.05) is 58.3 Å². The molecule has 2 amide bonds. The summed E-state index contributed by atoms with van der Waals surface area (Å²) in [6.07, 6.45) is 2.92. The quantitative estimate of drug-likeness (QED) is 0.383. The van der Waals surface area contributed by atoms with Gasteiger partial charge in [0.15, 0.2) is 5.17 Å². The molecule has 250 valence electrons. The summed E-state index contributed by atoms with van der Waals surface area (Å²) in [5.41, 5.74) is 2.39. The summed E-state index contributed by atoms with van der Waals surface area (Å²) in [4.78, 5) is 43.2. The number of hydrogen-bond acceptors (Lipinski definition) is 7. The third kappa shape index (κ3) is 5.80. The number of rotatable bonds is 6. The van der Waals surface area contributed by atoms with E-state index >= 15 is 0 Å². The highest BCUT2D eigenvalue weighted by atomic mass is 35.5. The number of aliphatic hydroxyl groups is 1. The fraction of sp³-hybridized carbons (Fsp3) is 0.528. The molecule has 2 aromatic rings. The van der Waals surface area contributed by atoms with Crippen LogP contribution in [0.4, 0.5) is 0 Å². The van der Waals surface area contributed by atoms with Gasteiger partial charge in [-0.3, -0.25) is 14.5 Å². The molecule has 0 spiro atoms. The van der Waals surface area contributed by atoms with E-state index in [1.54, 1.807) is 0 Å². The molecule has 2 saturated heterocycles. The van der Waals surface area contributed by atoms with Crippen molar-refractivity contribution >= 4 is 51.9 Å². The van der Waals surface area contributed by atoms with Gasteiger partial charge in [-0.1, -0.05) is 61.3 Å². The Morgan fingerprint density at radius 2 is 1.57 bits per heavy atom. The van der Waals surface area contributed by atoms with Gasteiger partial charge in [-0.25, -0.2) is 4.99 Å². The lowest BCUT2D eigenvalue weighted by molar-refractivity contribution is -0.145. The van der Waals surface area contributed by atoms with Crippen molar-refractivity contribution in [3.8, 4) is 0 Å². The smallest absolute Gasteiger partial charge is 0.263 e. The first kappa shape index (κ1) is 33.0. The van der Waals surface area contributed by atoms with Crippen LogP contribution in [0.2, 0.25) is 10.0 Å². The fourth-order valence-corrected chi connectivity index (χ4v) is 9.73. The van der Waals surface area contributed by atoms with Crippen LogP contribution in [0.25, 0.3) is 0 Å². The number of likely N-dealkylation sites (tertiary alicyclic amines) is 1. The number of hydrogen-bond donors (Lipinski definition) is 1. The lowest BCUT2D eigenvalue weighted by Gasteiger charge is -2.45. The van der Waals surface area contributed by atoms with Crippen molar-refractivity contribution in [3.05, 3.63) is 80.3 Å². The zero-order chi connectivity index (χ0) is 33.2. The largest absolute Gasteiger partial charge is 0.393 e. The van der Waals surface area contributed by atoms with Crippen LogP contribution in [-0.2, 0) is 15.1 Å². The maximum atomic E-state index is 14.7. The van der Waals surface area contributed by atoms with E-state index in [0.717, 1.165) is 54.3 Å². The van der Waals surface area contributed by atoms with Crippen LogP contribution in [0.1, 0.15) is 70.5 Å². The van der Waals surface area contributed by atoms with E-state index in [1.165, 1.54) is 11.8 Å². The average molecular weight is 697 g/mol. The molecular formula is C36H43Cl2N5O3S. The third-order valence-electron chi connectivity index (χ3n) is 10.8. The number of aliphatic imine (C=N–C) groups is 1. The number of halogens is 2. The molecule has 4 heterocycles. The van der Waals surface area contributed by atoms with Crippen LogP contribution < -0.4 is 0 Å². The van der Waals surface area contributed by atoms with Crippen molar-refractivity contribution in [1.82, 2.24) is 19.6 Å². The van der Waals surface area contributed by atoms with E-state index < -0.39 is 11.6 Å². The maximum Gasteiger partial charge on any atom is 0.263 e. The molecule has 7 rings (SSSR count). The van der Waals surface area contributed by atoms with Gasteiger partial charge in [0.25, 0.3) is 5.91 Å². The van der Waals surface area contributed by atoms with E-state index in [0.29, 0.717) is 40.5 Å². The summed E-state index contributed by atoms with van der Waals surface area (Å²) in [7, 11) is 0. The highest BCUT2D eigenvalue weighted by Crippen LogP contribution is 2.56. The Morgan fingerprint density at radius 1 is 0.957 bits per heavy atom. The van der Waals surface area contributed by atoms with E-state index in [-0.39, 0.29) is 35.9 Å². The molecule has 0 bridgehead atoms. The highest BCUT2D eigenvalue weighted by molar-refractivity contribution is 8.18. The van der Waals surface area contributed by atoms with Crippen LogP contribution in [0.15, 0.2) is 64.1 Å². The van der Waals surface area contributed by atoms with Crippen LogP contribution in [-0.4, -0.2) is 92.1 Å². The number of allylic oxidation sites excluding steroid dienone is 1. The highest BCUT2D eigenvalue weighted by Gasteiger charge is 2.54. The maximum absolute atomic E-state index is 14.7. The van der Waals surface area contributed by atoms with E-state index in [9.17, 15) is 14.7 Å². The van der Waals surface area contributed by atoms with Gasteiger partial charge < -0.3 is 19.8 Å². The predicted octanol–water partition coefficient (Wildman–Crippen LogP) is 6.28. The first-order valence-corrected chi connectivity index (χ1v) is 18.4. The predicted molar refractivity (Wildman–Crippen MR) is 188 cm³/mol. The number of carbonyl (C=O) groups excluding carboxylic acids is 2. The molecule has 4 atom stereocenters. The second kappa shape index (κ2) is 12.7. The monoisotopic (exact) mass is 695 g/mol. The Kier molecular flexibility index (Phi) is 8.92. The van der Waals surface area contributed by atoms with Crippen molar-refractivity contribution in [1.29, 1.82) is 0 Å². The Hall–Kier alpha value is -2.56. The van der Waals surface area contributed by atoms with Gasteiger partial charge >= 0.3 is 0 Å². The molecule has 8 nitrogen and oxygen atoms in total. The van der Waals surface area contributed by atoms with E-state index in [2.05, 4.69) is 37.5 Å². The minimum Gasteiger partial charge on any atom is -0.393 e. The number of amides is 2. The van der Waals surface area contributed by atoms with Crippen molar-refractivity contribution in [3.63, 3.8) is 0 Å². The van der Waals surface area contributed by atoms with Gasteiger partial charge in [0.05, 0.1) is 12.1 Å². The Balaban J connectivity index is 1.19. The Morgan fingerprint density at radius 3 is 2.17 bits per heavy atom. The first-order chi connectivity index (χ1) is 22.5. The van der Waals surface area contributed by atoms with Crippen LogP contribution in [0.3, 0.4) is 0 Å². The molecule has 1 aliphatic carbocycles. The molecule has 1 N–H and O–H groups in total. The number of carbonyl (C=O) groups is 2. The van der Waals surface area contributed by atoms with Crippen molar-refractivity contribution < 1.29 is 14.7 Å². The SMILES string of the molecule is CC(C)C1=C(C(=O)N2[C@H](C)CC[C@H]2C(=O)N2CCN([C@H]3C[C@@H](O)C3)CC2)SC2=N[C@@](C)(c3ccc(Cl)cc3)[C@@H](c3ccc(Cl)cc3)N21. The normalized spacial score (nSPS) is 31.0. The zero-order valence-electron chi connectivity index (χ0n) is 27.4. The van der Waals surface area contributed by atoms with Crippen LogP contribution >= 0.6 is 35.0 Å². The number of piperazine rings is 1. The summed E-state index contributed by atoms with van der Waals surface area (Å²) in [6.45, 7) is 11.4.